The van der Waals surface area contributed by atoms with E-state index < -0.39 is 12.0 Å². The van der Waals surface area contributed by atoms with E-state index in [2.05, 4.69) is 5.32 Å². The quantitative estimate of drug-likeness (QED) is 0.740. The lowest BCUT2D eigenvalue weighted by atomic mass is 10.0. The molecule has 1 aliphatic rings. The highest BCUT2D eigenvalue weighted by molar-refractivity contribution is 5.74. The van der Waals surface area contributed by atoms with Gasteiger partial charge in [0.05, 0.1) is 0 Å². The summed E-state index contributed by atoms with van der Waals surface area (Å²) in [5.74, 6) is -0.575. The number of hydrogen-bond acceptors (Lipinski definition) is 4. The maximum Gasteiger partial charge on any atom is 0.322 e. The van der Waals surface area contributed by atoms with Crippen LogP contribution in [0.2, 0.25) is 0 Å². The molecule has 0 amide bonds. The van der Waals surface area contributed by atoms with Crippen LogP contribution in [0, 0.1) is 0 Å². The summed E-state index contributed by atoms with van der Waals surface area (Å²) < 4.78 is 0. The van der Waals surface area contributed by atoms with Gasteiger partial charge in [-0.3, -0.25) is 9.69 Å². The van der Waals surface area contributed by atoms with Crippen LogP contribution in [0.1, 0.15) is 18.5 Å². The van der Waals surface area contributed by atoms with Gasteiger partial charge in [0.15, 0.2) is 0 Å². The molecule has 5 heteroatoms. The molecule has 0 spiro atoms. The molecule has 1 aromatic rings. The zero-order valence-corrected chi connectivity index (χ0v) is 10.3. The molecule has 1 aromatic carbocycles. The molecule has 0 aromatic heterocycles. The number of aromatic hydroxyl groups is 1. The number of aliphatic carboxylic acids is 1. The van der Waals surface area contributed by atoms with Crippen molar-refractivity contribution in [3.63, 3.8) is 0 Å². The summed E-state index contributed by atoms with van der Waals surface area (Å²) >= 11 is 0. The lowest BCUT2D eigenvalue weighted by molar-refractivity contribution is -0.145. The summed E-state index contributed by atoms with van der Waals surface area (Å²) in [5.41, 5.74) is 1.01. The van der Waals surface area contributed by atoms with Crippen LogP contribution in [-0.4, -0.2) is 46.8 Å². The normalized spacial score (nSPS) is 22.6. The van der Waals surface area contributed by atoms with Gasteiger partial charge < -0.3 is 15.5 Å². The number of carboxylic acid groups (broad SMARTS) is 1. The van der Waals surface area contributed by atoms with E-state index in [0.29, 0.717) is 13.1 Å². The molecule has 1 fully saturated rings. The van der Waals surface area contributed by atoms with Crippen LogP contribution in [-0.2, 0) is 4.79 Å². The van der Waals surface area contributed by atoms with E-state index in [1.807, 2.05) is 24.0 Å². The smallest absolute Gasteiger partial charge is 0.322 e. The van der Waals surface area contributed by atoms with Gasteiger partial charge in [0.1, 0.15) is 11.8 Å². The third-order valence-corrected chi connectivity index (χ3v) is 3.44. The highest BCUT2D eigenvalue weighted by Crippen LogP contribution is 2.24. The number of nitrogens with one attached hydrogen (secondary N) is 1. The number of benzene rings is 1. The molecule has 1 aliphatic heterocycles. The molecular weight excluding hydrogens is 232 g/mol. The highest BCUT2D eigenvalue weighted by Gasteiger charge is 2.31. The molecule has 18 heavy (non-hydrogen) atoms. The Hall–Kier alpha value is -1.59. The lowest BCUT2D eigenvalue weighted by Crippen LogP contribution is -2.55. The SMILES string of the molecule is CC(c1ccc(O)cc1)N1CCNCC1C(=O)O. The number of carbonyl (C=O) groups is 1. The summed E-state index contributed by atoms with van der Waals surface area (Å²) in [7, 11) is 0. The van der Waals surface area contributed by atoms with Gasteiger partial charge in [-0.25, -0.2) is 0 Å². The number of phenolic OH excluding ortho intramolecular Hbond substituents is 1. The average molecular weight is 250 g/mol. The minimum atomic E-state index is -0.798. The zero-order valence-electron chi connectivity index (χ0n) is 10.3. The Morgan fingerprint density at radius 3 is 2.72 bits per heavy atom. The minimum absolute atomic E-state index is 0.0220. The fraction of sp³-hybridized carbons (Fsp3) is 0.462. The van der Waals surface area contributed by atoms with Crippen LogP contribution in [0.3, 0.4) is 0 Å². The van der Waals surface area contributed by atoms with Crippen LogP contribution in [0.4, 0.5) is 0 Å². The maximum absolute atomic E-state index is 11.2. The predicted octanol–water partition coefficient (Wildman–Crippen LogP) is 0.812. The van der Waals surface area contributed by atoms with Crippen molar-refractivity contribution in [1.82, 2.24) is 10.2 Å². The summed E-state index contributed by atoms with van der Waals surface area (Å²) in [6.07, 6.45) is 0. The first-order chi connectivity index (χ1) is 8.59. The summed E-state index contributed by atoms with van der Waals surface area (Å²) in [5, 5.41) is 21.6. The second kappa shape index (κ2) is 5.37. The third kappa shape index (κ3) is 2.63. The molecule has 0 radical (unpaired) electrons. The van der Waals surface area contributed by atoms with E-state index in [0.717, 1.165) is 12.1 Å². The lowest BCUT2D eigenvalue weighted by Gasteiger charge is -2.38. The predicted molar refractivity (Wildman–Crippen MR) is 67.5 cm³/mol. The van der Waals surface area contributed by atoms with Gasteiger partial charge in [-0.1, -0.05) is 12.1 Å². The van der Waals surface area contributed by atoms with Gasteiger partial charge in [0.25, 0.3) is 0 Å². The summed E-state index contributed by atoms with van der Waals surface area (Å²) in [6.45, 7) is 3.97. The van der Waals surface area contributed by atoms with Crippen molar-refractivity contribution in [2.24, 2.45) is 0 Å². The Morgan fingerprint density at radius 2 is 2.11 bits per heavy atom. The largest absolute Gasteiger partial charge is 0.508 e. The number of carboxylic acids is 1. The first-order valence-electron chi connectivity index (χ1n) is 6.08. The molecule has 0 saturated carbocycles. The minimum Gasteiger partial charge on any atom is -0.508 e. The molecule has 0 aliphatic carbocycles. The maximum atomic E-state index is 11.2. The van der Waals surface area contributed by atoms with Crippen molar-refractivity contribution in [3.8, 4) is 5.75 Å². The number of hydrogen-bond donors (Lipinski definition) is 3. The number of phenols is 1. The van der Waals surface area contributed by atoms with Crippen molar-refractivity contribution in [3.05, 3.63) is 29.8 Å². The number of rotatable bonds is 3. The van der Waals surface area contributed by atoms with E-state index in [-0.39, 0.29) is 11.8 Å². The Balaban J connectivity index is 2.17. The second-order valence-corrected chi connectivity index (χ2v) is 4.56. The molecular formula is C13H18N2O3. The van der Waals surface area contributed by atoms with E-state index >= 15 is 0 Å². The molecule has 2 atom stereocenters. The van der Waals surface area contributed by atoms with Gasteiger partial charge in [-0.15, -0.1) is 0 Å². The van der Waals surface area contributed by atoms with Gasteiger partial charge >= 0.3 is 5.97 Å². The first kappa shape index (κ1) is 12.9. The van der Waals surface area contributed by atoms with Crippen LogP contribution >= 0.6 is 0 Å². The molecule has 2 rings (SSSR count). The van der Waals surface area contributed by atoms with Crippen LogP contribution in [0.5, 0.6) is 5.75 Å². The van der Waals surface area contributed by atoms with Gasteiger partial charge in [-0.2, -0.15) is 0 Å². The topological polar surface area (TPSA) is 72.8 Å². The fourth-order valence-electron chi connectivity index (χ4n) is 2.36. The standard InChI is InChI=1S/C13H18N2O3/c1-9(10-2-4-11(16)5-3-10)15-7-6-14-8-12(15)13(17)18/h2-5,9,12,14,16H,6-8H2,1H3,(H,17,18). The fourth-order valence-corrected chi connectivity index (χ4v) is 2.36. The molecule has 1 saturated heterocycles. The first-order valence-corrected chi connectivity index (χ1v) is 6.08. The Kier molecular flexibility index (Phi) is 3.84. The summed E-state index contributed by atoms with van der Waals surface area (Å²) in [4.78, 5) is 13.2. The third-order valence-electron chi connectivity index (χ3n) is 3.44. The average Bonchev–Trinajstić information content (AvgIpc) is 2.39. The van der Waals surface area contributed by atoms with Crippen molar-refractivity contribution in [2.45, 2.75) is 19.0 Å². The van der Waals surface area contributed by atoms with Crippen LogP contribution < -0.4 is 5.32 Å². The van der Waals surface area contributed by atoms with E-state index in [4.69, 9.17) is 0 Å². The highest BCUT2D eigenvalue weighted by atomic mass is 16.4. The van der Waals surface area contributed by atoms with E-state index in [1.54, 1.807) is 12.1 Å². The number of nitrogens with zero attached hydrogens (tertiary/aromatic N) is 1. The Morgan fingerprint density at radius 1 is 1.44 bits per heavy atom. The van der Waals surface area contributed by atoms with E-state index in [1.165, 1.54) is 0 Å². The number of piperazine rings is 1. The van der Waals surface area contributed by atoms with Gasteiger partial charge in [0, 0.05) is 25.7 Å². The van der Waals surface area contributed by atoms with Crippen LogP contribution in [0.25, 0.3) is 0 Å². The molecule has 5 nitrogen and oxygen atoms in total. The molecule has 98 valence electrons. The van der Waals surface area contributed by atoms with Crippen LogP contribution in [0.15, 0.2) is 24.3 Å². The molecule has 0 bridgehead atoms. The van der Waals surface area contributed by atoms with Crippen molar-refractivity contribution in [2.75, 3.05) is 19.6 Å². The molecule has 1 heterocycles. The Labute approximate surface area is 106 Å². The van der Waals surface area contributed by atoms with E-state index in [9.17, 15) is 15.0 Å². The van der Waals surface area contributed by atoms with Crippen molar-refractivity contribution < 1.29 is 15.0 Å². The second-order valence-electron chi connectivity index (χ2n) is 4.56. The van der Waals surface area contributed by atoms with Crippen molar-refractivity contribution in [1.29, 1.82) is 0 Å². The Bertz CT molecular complexity index is 419. The van der Waals surface area contributed by atoms with Gasteiger partial charge in [0.2, 0.25) is 0 Å². The summed E-state index contributed by atoms with van der Waals surface area (Å²) in [6, 6.07) is 6.45. The monoisotopic (exact) mass is 250 g/mol. The zero-order chi connectivity index (χ0) is 13.1. The van der Waals surface area contributed by atoms with Gasteiger partial charge in [-0.05, 0) is 24.6 Å². The molecule has 3 N–H and O–H groups in total. The van der Waals surface area contributed by atoms with Crippen molar-refractivity contribution >= 4 is 5.97 Å². The molecule has 2 unspecified atom stereocenters.